The molecule has 0 rings (SSSR count). The van der Waals surface area contributed by atoms with Crippen LogP contribution in [-0.2, 0) is 9.63 Å². The van der Waals surface area contributed by atoms with Crippen molar-refractivity contribution >= 4 is 5.97 Å². The highest BCUT2D eigenvalue weighted by Gasteiger charge is 2.11. The lowest BCUT2D eigenvalue weighted by Gasteiger charge is -2.03. The summed E-state index contributed by atoms with van der Waals surface area (Å²) in [4.78, 5) is 23.4. The summed E-state index contributed by atoms with van der Waals surface area (Å²) in [7, 11) is 0. The third-order valence-electron chi connectivity index (χ3n) is 0.943. The third-order valence-corrected chi connectivity index (χ3v) is 0.943. The van der Waals surface area contributed by atoms with E-state index in [1.165, 1.54) is 0 Å². The molecule has 0 saturated carbocycles. The zero-order chi connectivity index (χ0) is 8.85. The van der Waals surface area contributed by atoms with Gasteiger partial charge in [-0.2, -0.15) is 0 Å². The molecule has 0 aliphatic carbocycles. The summed E-state index contributed by atoms with van der Waals surface area (Å²) in [6, 6.07) is -1.10. The molecule has 1 unspecified atom stereocenters. The molecule has 7 heteroatoms. The molecule has 1 atom stereocenters. The first kappa shape index (κ1) is 9.63. The van der Waals surface area contributed by atoms with Crippen molar-refractivity contribution in [1.29, 1.82) is 0 Å². The molecule has 0 heterocycles. The van der Waals surface area contributed by atoms with Gasteiger partial charge in [-0.25, -0.2) is 0 Å². The fourth-order valence-electron chi connectivity index (χ4n) is 0.378. The summed E-state index contributed by atoms with van der Waals surface area (Å²) in [6.45, 7) is -0.291. The normalized spacial score (nSPS) is 12.1. The van der Waals surface area contributed by atoms with Gasteiger partial charge < -0.3 is 15.7 Å². The molecule has 0 aromatic heterocycles. The van der Waals surface area contributed by atoms with E-state index < -0.39 is 17.1 Å². The summed E-state index contributed by atoms with van der Waals surface area (Å²) in [6.07, 6.45) is -0.0731. The Bertz CT molecular complexity index is 159. The number of aliphatic carboxylic acids is 1. The molecule has 0 radical (unpaired) electrons. The lowest BCUT2D eigenvalue weighted by Crippen LogP contribution is -2.31. The number of nitrogens with zero attached hydrogens (tertiary/aromatic N) is 1. The molecule has 11 heavy (non-hydrogen) atoms. The van der Waals surface area contributed by atoms with Crippen LogP contribution in [-0.4, -0.2) is 28.8 Å². The molecular weight excluding hydrogens is 156 g/mol. The number of nitrogens with two attached hydrogens (primary N) is 1. The van der Waals surface area contributed by atoms with Crippen molar-refractivity contribution in [3.05, 3.63) is 10.1 Å². The van der Waals surface area contributed by atoms with Crippen molar-refractivity contribution in [3.63, 3.8) is 0 Å². The molecule has 0 amide bonds. The van der Waals surface area contributed by atoms with Crippen LogP contribution in [0.1, 0.15) is 6.42 Å². The Kier molecular flexibility index (Phi) is 3.89. The van der Waals surface area contributed by atoms with E-state index in [4.69, 9.17) is 10.8 Å². The number of hydrogen-bond acceptors (Lipinski definition) is 5. The quantitative estimate of drug-likeness (QED) is 0.397. The van der Waals surface area contributed by atoms with Gasteiger partial charge >= 0.3 is 5.97 Å². The Balaban J connectivity index is 3.39. The molecule has 0 aliphatic heterocycles. The van der Waals surface area contributed by atoms with Crippen LogP contribution in [0.4, 0.5) is 0 Å². The average molecular weight is 164 g/mol. The monoisotopic (exact) mass is 164 g/mol. The zero-order valence-electron chi connectivity index (χ0n) is 5.60. The van der Waals surface area contributed by atoms with Crippen molar-refractivity contribution < 1.29 is 19.8 Å². The Morgan fingerprint density at radius 2 is 2.36 bits per heavy atom. The van der Waals surface area contributed by atoms with Crippen molar-refractivity contribution in [3.8, 4) is 0 Å². The van der Waals surface area contributed by atoms with Gasteiger partial charge in [0.1, 0.15) is 6.04 Å². The fraction of sp³-hybridized carbons (Fsp3) is 0.750. The van der Waals surface area contributed by atoms with E-state index in [1.807, 2.05) is 0 Å². The Labute approximate surface area is 61.9 Å². The number of carboxylic acids is 1. The second-order valence-corrected chi connectivity index (χ2v) is 1.79. The molecule has 0 aromatic rings. The highest BCUT2D eigenvalue weighted by molar-refractivity contribution is 5.72. The van der Waals surface area contributed by atoms with Crippen LogP contribution in [0.3, 0.4) is 0 Å². The minimum Gasteiger partial charge on any atom is -0.480 e. The van der Waals surface area contributed by atoms with E-state index in [1.54, 1.807) is 0 Å². The number of carboxylic acid groups (broad SMARTS) is 1. The summed E-state index contributed by atoms with van der Waals surface area (Å²) in [5.74, 6) is -1.20. The van der Waals surface area contributed by atoms with Gasteiger partial charge in [0.05, 0.1) is 6.61 Å². The lowest BCUT2D eigenvalue weighted by atomic mass is 10.2. The topological polar surface area (TPSA) is 116 Å². The number of hydrogen-bond donors (Lipinski definition) is 2. The average Bonchev–Trinajstić information content (AvgIpc) is 1.86. The van der Waals surface area contributed by atoms with E-state index >= 15 is 0 Å². The zero-order valence-corrected chi connectivity index (χ0v) is 5.60. The van der Waals surface area contributed by atoms with Crippen molar-refractivity contribution in [2.24, 2.45) is 5.73 Å². The van der Waals surface area contributed by atoms with Gasteiger partial charge in [0.15, 0.2) is 0 Å². The van der Waals surface area contributed by atoms with Crippen LogP contribution in [0.5, 0.6) is 0 Å². The third kappa shape index (κ3) is 5.09. The van der Waals surface area contributed by atoms with E-state index in [0.29, 0.717) is 0 Å². The molecule has 0 bridgehead atoms. The highest BCUT2D eigenvalue weighted by Crippen LogP contribution is 1.89. The van der Waals surface area contributed by atoms with Gasteiger partial charge in [0, 0.05) is 0 Å². The molecule has 0 aromatic carbocycles. The predicted molar refractivity (Wildman–Crippen MR) is 33.2 cm³/mol. The smallest absolute Gasteiger partial charge is 0.320 e. The maximum Gasteiger partial charge on any atom is 0.320 e. The molecule has 3 N–H and O–H groups in total. The standard InChI is InChI=1S/C4H8N2O5/c5-3(4(7)8)1-2-11-6(9)10/h3H,1-2,5H2,(H,7,8). The van der Waals surface area contributed by atoms with Crippen LogP contribution in [0.2, 0.25) is 0 Å². The summed E-state index contributed by atoms with van der Waals surface area (Å²) < 4.78 is 0. The van der Waals surface area contributed by atoms with E-state index in [-0.39, 0.29) is 13.0 Å². The molecule has 0 fully saturated rings. The summed E-state index contributed by atoms with van der Waals surface area (Å²) in [5.41, 5.74) is 5.00. The van der Waals surface area contributed by atoms with Gasteiger partial charge in [-0.3, -0.25) is 4.79 Å². The first-order chi connectivity index (χ1) is 5.04. The Hall–Kier alpha value is -1.37. The Morgan fingerprint density at radius 3 is 2.73 bits per heavy atom. The second-order valence-electron chi connectivity index (χ2n) is 1.79. The van der Waals surface area contributed by atoms with Gasteiger partial charge in [0.2, 0.25) is 0 Å². The molecule has 7 nitrogen and oxygen atoms in total. The van der Waals surface area contributed by atoms with Crippen LogP contribution in [0, 0.1) is 10.1 Å². The van der Waals surface area contributed by atoms with Crippen molar-refractivity contribution in [2.75, 3.05) is 6.61 Å². The predicted octanol–water partition coefficient (Wildman–Crippen LogP) is -1.00. The Morgan fingerprint density at radius 1 is 1.82 bits per heavy atom. The molecule has 0 aliphatic rings. The molecular formula is C4H8N2O5. The summed E-state index contributed by atoms with van der Waals surface area (Å²) in [5, 5.41) is 16.8. The van der Waals surface area contributed by atoms with E-state index in [9.17, 15) is 14.9 Å². The van der Waals surface area contributed by atoms with E-state index in [0.717, 1.165) is 0 Å². The van der Waals surface area contributed by atoms with Crippen LogP contribution >= 0.6 is 0 Å². The van der Waals surface area contributed by atoms with Gasteiger partial charge in [-0.1, -0.05) is 0 Å². The molecule has 0 spiro atoms. The molecule has 64 valence electrons. The van der Waals surface area contributed by atoms with Gasteiger partial charge in [-0.15, -0.1) is 10.1 Å². The van der Waals surface area contributed by atoms with Crippen molar-refractivity contribution in [2.45, 2.75) is 12.5 Å². The maximum atomic E-state index is 10.0. The van der Waals surface area contributed by atoms with Gasteiger partial charge in [-0.05, 0) is 6.42 Å². The van der Waals surface area contributed by atoms with Crippen LogP contribution < -0.4 is 5.73 Å². The second kappa shape index (κ2) is 4.45. The minimum atomic E-state index is -1.20. The largest absolute Gasteiger partial charge is 0.480 e. The number of rotatable bonds is 5. The minimum absolute atomic E-state index is 0.0731. The molecule has 0 saturated heterocycles. The highest BCUT2D eigenvalue weighted by atomic mass is 16.9. The first-order valence-electron chi connectivity index (χ1n) is 2.79. The van der Waals surface area contributed by atoms with E-state index in [2.05, 4.69) is 4.84 Å². The SMILES string of the molecule is NC(CCO[N+](=O)[O-])C(=O)O. The summed E-state index contributed by atoms with van der Waals surface area (Å²) >= 11 is 0. The van der Waals surface area contributed by atoms with Crippen LogP contribution in [0.25, 0.3) is 0 Å². The van der Waals surface area contributed by atoms with Crippen LogP contribution in [0.15, 0.2) is 0 Å². The fourth-order valence-corrected chi connectivity index (χ4v) is 0.378. The maximum absolute atomic E-state index is 10.0. The first-order valence-corrected chi connectivity index (χ1v) is 2.79. The lowest BCUT2D eigenvalue weighted by molar-refractivity contribution is -0.757. The van der Waals surface area contributed by atoms with Gasteiger partial charge in [0.25, 0.3) is 5.09 Å². The number of carbonyl (C=O) groups is 1. The van der Waals surface area contributed by atoms with Crippen molar-refractivity contribution in [1.82, 2.24) is 0 Å².